The summed E-state index contributed by atoms with van der Waals surface area (Å²) in [5.41, 5.74) is 4.36. The summed E-state index contributed by atoms with van der Waals surface area (Å²) < 4.78 is 4.79. The number of carbonyl (C=O) groups excluding carboxylic acids is 2. The summed E-state index contributed by atoms with van der Waals surface area (Å²) >= 11 is 0. The van der Waals surface area contributed by atoms with Crippen LogP contribution < -0.4 is 0 Å². The first kappa shape index (κ1) is 15.4. The van der Waals surface area contributed by atoms with Crippen molar-refractivity contribution in [3.63, 3.8) is 0 Å². The average molecular weight is 335 g/mol. The topological polar surface area (TPSA) is 75.3 Å². The molecule has 126 valence electrons. The zero-order chi connectivity index (χ0) is 17.4. The van der Waals surface area contributed by atoms with Crippen LogP contribution in [-0.4, -0.2) is 40.4 Å². The van der Waals surface area contributed by atoms with Gasteiger partial charge in [-0.05, 0) is 29.7 Å². The van der Waals surface area contributed by atoms with Gasteiger partial charge in [-0.2, -0.15) is 0 Å². The van der Waals surface area contributed by atoms with Gasteiger partial charge in [-0.1, -0.05) is 24.3 Å². The molecule has 1 aliphatic rings. The van der Waals surface area contributed by atoms with Gasteiger partial charge < -0.3 is 14.6 Å². The summed E-state index contributed by atoms with van der Waals surface area (Å²) in [5.74, 6) is -0.552. The molecule has 0 aliphatic carbocycles. The summed E-state index contributed by atoms with van der Waals surface area (Å²) in [4.78, 5) is 33.8. The lowest BCUT2D eigenvalue weighted by atomic mass is 10.00. The Kier molecular flexibility index (Phi) is 3.72. The SMILES string of the molecule is COC(=O)c1ccnc2cc(C(=O)N3CCc4ccccc4C3)[nH]c12. The Bertz CT molecular complexity index is 977. The molecule has 1 aromatic carbocycles. The van der Waals surface area contributed by atoms with E-state index < -0.39 is 5.97 Å². The molecule has 0 fully saturated rings. The van der Waals surface area contributed by atoms with E-state index in [0.29, 0.717) is 35.4 Å². The van der Waals surface area contributed by atoms with Crippen LogP contribution in [-0.2, 0) is 17.7 Å². The van der Waals surface area contributed by atoms with Gasteiger partial charge in [-0.3, -0.25) is 9.78 Å². The van der Waals surface area contributed by atoms with Crippen molar-refractivity contribution in [3.8, 4) is 0 Å². The van der Waals surface area contributed by atoms with E-state index in [1.165, 1.54) is 24.4 Å². The number of nitrogens with one attached hydrogen (secondary N) is 1. The van der Waals surface area contributed by atoms with Crippen molar-refractivity contribution in [2.75, 3.05) is 13.7 Å². The van der Waals surface area contributed by atoms with E-state index in [9.17, 15) is 9.59 Å². The van der Waals surface area contributed by atoms with Gasteiger partial charge in [0.25, 0.3) is 5.91 Å². The third-order valence-corrected chi connectivity index (χ3v) is 4.57. The van der Waals surface area contributed by atoms with Gasteiger partial charge in [0.05, 0.1) is 23.7 Å². The first-order valence-corrected chi connectivity index (χ1v) is 8.09. The first-order valence-electron chi connectivity index (χ1n) is 8.09. The van der Waals surface area contributed by atoms with Crippen molar-refractivity contribution in [2.45, 2.75) is 13.0 Å². The molecule has 1 amide bonds. The number of aromatic nitrogens is 2. The molecule has 0 unspecified atom stereocenters. The van der Waals surface area contributed by atoms with Gasteiger partial charge in [-0.15, -0.1) is 0 Å². The molecule has 0 saturated carbocycles. The Morgan fingerprint density at radius 1 is 1.20 bits per heavy atom. The number of amides is 1. The van der Waals surface area contributed by atoms with E-state index in [1.54, 1.807) is 12.1 Å². The Morgan fingerprint density at radius 3 is 2.80 bits per heavy atom. The van der Waals surface area contributed by atoms with Crippen LogP contribution in [0.3, 0.4) is 0 Å². The predicted octanol–water partition coefficient (Wildman–Crippen LogP) is 2.55. The maximum Gasteiger partial charge on any atom is 0.340 e. The number of pyridine rings is 1. The number of hydrogen-bond donors (Lipinski definition) is 1. The van der Waals surface area contributed by atoms with Crippen molar-refractivity contribution < 1.29 is 14.3 Å². The van der Waals surface area contributed by atoms with Gasteiger partial charge in [-0.25, -0.2) is 4.79 Å². The molecule has 0 atom stereocenters. The van der Waals surface area contributed by atoms with Crippen LogP contribution in [0, 0.1) is 0 Å². The fourth-order valence-electron chi connectivity index (χ4n) is 3.26. The van der Waals surface area contributed by atoms with Crippen LogP contribution in [0.4, 0.5) is 0 Å². The number of H-pyrrole nitrogens is 1. The molecule has 6 nitrogen and oxygen atoms in total. The highest BCUT2D eigenvalue weighted by molar-refractivity contribution is 6.05. The van der Waals surface area contributed by atoms with Gasteiger partial charge in [0, 0.05) is 19.3 Å². The number of rotatable bonds is 2. The number of ether oxygens (including phenoxy) is 1. The second-order valence-electron chi connectivity index (χ2n) is 6.04. The molecule has 6 heteroatoms. The number of nitrogens with zero attached hydrogens (tertiary/aromatic N) is 2. The highest BCUT2D eigenvalue weighted by Crippen LogP contribution is 2.23. The second-order valence-corrected chi connectivity index (χ2v) is 6.04. The van der Waals surface area contributed by atoms with E-state index >= 15 is 0 Å². The van der Waals surface area contributed by atoms with Crippen molar-refractivity contribution in [1.29, 1.82) is 0 Å². The van der Waals surface area contributed by atoms with Crippen LogP contribution in [0.15, 0.2) is 42.6 Å². The molecule has 0 bridgehead atoms. The lowest BCUT2D eigenvalue weighted by molar-refractivity contribution is 0.0602. The zero-order valence-electron chi connectivity index (χ0n) is 13.8. The molecule has 3 heterocycles. The maximum absolute atomic E-state index is 12.9. The summed E-state index contributed by atoms with van der Waals surface area (Å²) in [6.45, 7) is 1.25. The number of hydrogen-bond acceptors (Lipinski definition) is 4. The van der Waals surface area contributed by atoms with Crippen LogP contribution in [0.25, 0.3) is 11.0 Å². The Labute approximate surface area is 144 Å². The molecule has 4 rings (SSSR count). The highest BCUT2D eigenvalue weighted by atomic mass is 16.5. The van der Waals surface area contributed by atoms with E-state index in [2.05, 4.69) is 22.1 Å². The molecule has 2 aromatic heterocycles. The van der Waals surface area contributed by atoms with Crippen molar-refractivity contribution in [2.24, 2.45) is 0 Å². The lowest BCUT2D eigenvalue weighted by Gasteiger charge is -2.28. The summed E-state index contributed by atoms with van der Waals surface area (Å²) in [6.07, 6.45) is 2.38. The standard InChI is InChI=1S/C19H17N3O3/c1-25-19(24)14-6-8-20-15-10-16(21-17(14)15)18(23)22-9-7-12-4-2-3-5-13(12)11-22/h2-6,8,10,21H,7,9,11H2,1H3. The fourth-order valence-corrected chi connectivity index (χ4v) is 3.26. The number of benzene rings is 1. The number of carbonyl (C=O) groups is 2. The van der Waals surface area contributed by atoms with Crippen molar-refractivity contribution in [1.82, 2.24) is 14.9 Å². The van der Waals surface area contributed by atoms with Crippen LogP contribution in [0.5, 0.6) is 0 Å². The monoisotopic (exact) mass is 335 g/mol. The highest BCUT2D eigenvalue weighted by Gasteiger charge is 2.24. The van der Waals surface area contributed by atoms with Crippen LogP contribution in [0.1, 0.15) is 32.0 Å². The smallest absolute Gasteiger partial charge is 0.340 e. The molecular formula is C19H17N3O3. The predicted molar refractivity (Wildman–Crippen MR) is 92.3 cm³/mol. The normalized spacial score (nSPS) is 13.6. The van der Waals surface area contributed by atoms with E-state index in [-0.39, 0.29) is 5.91 Å². The zero-order valence-corrected chi connectivity index (χ0v) is 13.8. The van der Waals surface area contributed by atoms with E-state index in [4.69, 9.17) is 4.74 Å². The molecule has 0 radical (unpaired) electrons. The van der Waals surface area contributed by atoms with Gasteiger partial charge in [0.15, 0.2) is 0 Å². The largest absolute Gasteiger partial charge is 0.465 e. The van der Waals surface area contributed by atoms with Crippen LogP contribution in [0.2, 0.25) is 0 Å². The number of methoxy groups -OCH3 is 1. The number of fused-ring (bicyclic) bond motifs is 2. The molecular weight excluding hydrogens is 318 g/mol. The number of aromatic amines is 1. The average Bonchev–Trinajstić information content (AvgIpc) is 3.10. The van der Waals surface area contributed by atoms with Crippen LogP contribution >= 0.6 is 0 Å². The third-order valence-electron chi connectivity index (χ3n) is 4.57. The van der Waals surface area contributed by atoms with Gasteiger partial charge in [0.1, 0.15) is 5.69 Å². The minimum Gasteiger partial charge on any atom is -0.465 e. The number of esters is 1. The van der Waals surface area contributed by atoms with E-state index in [1.807, 2.05) is 17.0 Å². The summed E-state index contributed by atoms with van der Waals surface area (Å²) in [6, 6.07) is 11.4. The Balaban J connectivity index is 1.66. The molecule has 0 spiro atoms. The minimum atomic E-state index is -0.458. The fraction of sp³-hybridized carbons (Fsp3) is 0.211. The Hall–Kier alpha value is -3.15. The third kappa shape index (κ3) is 2.65. The summed E-state index contributed by atoms with van der Waals surface area (Å²) in [7, 11) is 1.33. The lowest BCUT2D eigenvalue weighted by Crippen LogP contribution is -2.36. The van der Waals surface area contributed by atoms with Crippen molar-refractivity contribution in [3.05, 3.63) is 65.0 Å². The maximum atomic E-state index is 12.9. The van der Waals surface area contributed by atoms with Crippen molar-refractivity contribution >= 4 is 22.9 Å². The quantitative estimate of drug-likeness (QED) is 0.730. The molecule has 3 aromatic rings. The van der Waals surface area contributed by atoms with Gasteiger partial charge >= 0.3 is 5.97 Å². The molecule has 1 aliphatic heterocycles. The molecule has 25 heavy (non-hydrogen) atoms. The summed E-state index contributed by atoms with van der Waals surface area (Å²) in [5, 5.41) is 0. The molecule has 1 N–H and O–H groups in total. The molecule has 0 saturated heterocycles. The Morgan fingerprint density at radius 2 is 2.00 bits per heavy atom. The van der Waals surface area contributed by atoms with E-state index in [0.717, 1.165) is 6.42 Å². The second kappa shape index (κ2) is 6.05. The van der Waals surface area contributed by atoms with Gasteiger partial charge in [0.2, 0.25) is 0 Å². The minimum absolute atomic E-state index is 0.0941. The first-order chi connectivity index (χ1) is 12.2.